The molecular weight excluding hydrogens is 384 g/mol. The minimum atomic E-state index is -0.861. The largest absolute Gasteiger partial charge is 0.464 e. The number of ketones is 1. The van der Waals surface area contributed by atoms with Crippen LogP contribution in [0.1, 0.15) is 52.5 Å². The Hall–Kier alpha value is -2.70. The lowest BCUT2D eigenvalue weighted by atomic mass is 9.84. The van der Waals surface area contributed by atoms with Gasteiger partial charge in [-0.2, -0.15) is 0 Å². The summed E-state index contributed by atoms with van der Waals surface area (Å²) in [7, 11) is 0. The Morgan fingerprint density at radius 2 is 1.83 bits per heavy atom. The first kappa shape index (κ1) is 23.6. The molecule has 1 aromatic carbocycles. The summed E-state index contributed by atoms with van der Waals surface area (Å²) in [6.45, 7) is 7.58. The molecule has 2 amide bonds. The molecule has 1 aliphatic heterocycles. The number of benzene rings is 1. The van der Waals surface area contributed by atoms with E-state index in [0.717, 1.165) is 5.56 Å². The van der Waals surface area contributed by atoms with Crippen molar-refractivity contribution in [3.63, 3.8) is 0 Å². The van der Waals surface area contributed by atoms with E-state index in [9.17, 15) is 19.2 Å². The van der Waals surface area contributed by atoms with E-state index in [1.807, 2.05) is 37.3 Å². The zero-order chi connectivity index (χ0) is 22.3. The Kier molecular flexibility index (Phi) is 8.15. The van der Waals surface area contributed by atoms with Crippen molar-refractivity contribution >= 4 is 23.6 Å². The Labute approximate surface area is 178 Å². The Morgan fingerprint density at radius 1 is 1.17 bits per heavy atom. The lowest BCUT2D eigenvalue weighted by Crippen LogP contribution is -2.54. The summed E-state index contributed by atoms with van der Waals surface area (Å²) in [5, 5.41) is 2.75. The van der Waals surface area contributed by atoms with Gasteiger partial charge in [0.1, 0.15) is 12.1 Å². The molecule has 1 aromatic rings. The van der Waals surface area contributed by atoms with Crippen LogP contribution in [0.3, 0.4) is 0 Å². The second-order valence-electron chi connectivity index (χ2n) is 8.23. The molecule has 2 atom stereocenters. The third kappa shape index (κ3) is 5.68. The van der Waals surface area contributed by atoms with Gasteiger partial charge in [-0.05, 0) is 31.7 Å². The molecule has 164 valence electrons. The fourth-order valence-electron chi connectivity index (χ4n) is 3.42. The van der Waals surface area contributed by atoms with Crippen molar-refractivity contribution in [2.24, 2.45) is 5.41 Å². The van der Waals surface area contributed by atoms with Crippen LogP contribution in [-0.4, -0.2) is 53.7 Å². The van der Waals surface area contributed by atoms with Crippen molar-refractivity contribution in [2.45, 2.75) is 65.5 Å². The van der Waals surface area contributed by atoms with Crippen molar-refractivity contribution in [2.75, 3.05) is 13.2 Å². The van der Waals surface area contributed by atoms with Gasteiger partial charge >= 0.3 is 5.97 Å². The molecule has 2 rings (SSSR count). The molecule has 1 saturated heterocycles. The maximum absolute atomic E-state index is 13.0. The van der Waals surface area contributed by atoms with Crippen LogP contribution >= 0.6 is 0 Å². The van der Waals surface area contributed by atoms with E-state index >= 15 is 0 Å². The SMILES string of the molecule is CCOC(=O)C(Cc1ccccc1)NC(=O)[C@@H]1CCCN1C(=O)C(=O)C(C)(C)CC. The highest BCUT2D eigenvalue weighted by molar-refractivity contribution is 6.38. The number of amides is 2. The average molecular weight is 417 g/mol. The average Bonchev–Trinajstić information content (AvgIpc) is 3.23. The van der Waals surface area contributed by atoms with Gasteiger partial charge in [0, 0.05) is 18.4 Å². The first-order valence-corrected chi connectivity index (χ1v) is 10.6. The van der Waals surface area contributed by atoms with Crippen LogP contribution in [0.4, 0.5) is 0 Å². The summed E-state index contributed by atoms with van der Waals surface area (Å²) >= 11 is 0. The van der Waals surface area contributed by atoms with Crippen molar-refractivity contribution in [1.82, 2.24) is 10.2 Å². The molecule has 0 bridgehead atoms. The number of esters is 1. The second kappa shape index (κ2) is 10.4. The van der Waals surface area contributed by atoms with E-state index in [4.69, 9.17) is 4.74 Å². The number of carbonyl (C=O) groups excluding carboxylic acids is 4. The van der Waals surface area contributed by atoms with Gasteiger partial charge in [-0.1, -0.05) is 51.1 Å². The molecule has 1 fully saturated rings. The van der Waals surface area contributed by atoms with Crippen molar-refractivity contribution < 1.29 is 23.9 Å². The normalized spacial score (nSPS) is 17.3. The second-order valence-corrected chi connectivity index (χ2v) is 8.23. The Balaban J connectivity index is 2.14. The first-order chi connectivity index (χ1) is 14.2. The van der Waals surface area contributed by atoms with Crippen LogP contribution in [0.2, 0.25) is 0 Å². The molecule has 7 heteroatoms. The van der Waals surface area contributed by atoms with Crippen molar-refractivity contribution in [3.05, 3.63) is 35.9 Å². The van der Waals surface area contributed by atoms with E-state index in [1.165, 1.54) is 4.90 Å². The maximum atomic E-state index is 13.0. The minimum absolute atomic E-state index is 0.203. The molecule has 30 heavy (non-hydrogen) atoms. The van der Waals surface area contributed by atoms with Gasteiger partial charge < -0.3 is 15.0 Å². The minimum Gasteiger partial charge on any atom is -0.464 e. The van der Waals surface area contributed by atoms with Gasteiger partial charge in [-0.25, -0.2) is 4.79 Å². The van der Waals surface area contributed by atoms with Crippen LogP contribution in [0, 0.1) is 5.41 Å². The van der Waals surface area contributed by atoms with E-state index in [-0.39, 0.29) is 13.0 Å². The number of likely N-dealkylation sites (tertiary alicyclic amines) is 1. The molecule has 0 aliphatic carbocycles. The van der Waals surface area contributed by atoms with E-state index in [1.54, 1.807) is 20.8 Å². The summed E-state index contributed by atoms with van der Waals surface area (Å²) in [6, 6.07) is 7.71. The van der Waals surface area contributed by atoms with Gasteiger partial charge in [-0.3, -0.25) is 14.4 Å². The summed E-state index contributed by atoms with van der Waals surface area (Å²) in [5.74, 6) is -2.07. The summed E-state index contributed by atoms with van der Waals surface area (Å²) in [5.41, 5.74) is 0.108. The smallest absolute Gasteiger partial charge is 0.328 e. The predicted molar refractivity (Wildman–Crippen MR) is 113 cm³/mol. The zero-order valence-corrected chi connectivity index (χ0v) is 18.3. The van der Waals surface area contributed by atoms with Gasteiger partial charge in [0.2, 0.25) is 11.7 Å². The van der Waals surface area contributed by atoms with Crippen LogP contribution < -0.4 is 5.32 Å². The van der Waals surface area contributed by atoms with Crippen molar-refractivity contribution in [3.8, 4) is 0 Å². The third-order valence-electron chi connectivity index (χ3n) is 5.68. The highest BCUT2D eigenvalue weighted by atomic mass is 16.5. The molecule has 1 aliphatic rings. The number of Topliss-reactive ketones (excluding diaryl/α,β-unsaturated/α-hetero) is 1. The molecule has 0 saturated carbocycles. The standard InChI is InChI=1S/C23H32N2O5/c1-5-23(3,4)19(26)21(28)25-14-10-13-18(25)20(27)24-17(22(29)30-6-2)15-16-11-8-7-9-12-16/h7-9,11-12,17-18H,5-6,10,13-15H2,1-4H3,(H,24,27)/t17?,18-/m0/s1. The number of nitrogens with one attached hydrogen (secondary N) is 1. The number of ether oxygens (including phenoxy) is 1. The van der Waals surface area contributed by atoms with Crippen LogP contribution in [0.15, 0.2) is 30.3 Å². The predicted octanol–water partition coefficient (Wildman–Crippen LogP) is 2.27. The van der Waals surface area contributed by atoms with Crippen LogP contribution in [-0.2, 0) is 30.3 Å². The summed E-state index contributed by atoms with van der Waals surface area (Å²) in [6.07, 6.45) is 1.91. The van der Waals surface area contributed by atoms with E-state index < -0.39 is 41.1 Å². The van der Waals surface area contributed by atoms with E-state index in [0.29, 0.717) is 25.8 Å². The molecule has 1 unspecified atom stereocenters. The Morgan fingerprint density at radius 3 is 2.43 bits per heavy atom. The van der Waals surface area contributed by atoms with Gasteiger partial charge in [0.05, 0.1) is 6.61 Å². The highest BCUT2D eigenvalue weighted by Crippen LogP contribution is 2.25. The molecule has 0 spiro atoms. The molecule has 1 N–H and O–H groups in total. The quantitative estimate of drug-likeness (QED) is 0.492. The summed E-state index contributed by atoms with van der Waals surface area (Å²) < 4.78 is 5.12. The molecule has 0 aromatic heterocycles. The highest BCUT2D eigenvalue weighted by Gasteiger charge is 2.41. The number of rotatable bonds is 9. The summed E-state index contributed by atoms with van der Waals surface area (Å²) in [4.78, 5) is 52.1. The monoisotopic (exact) mass is 416 g/mol. The topological polar surface area (TPSA) is 92.8 Å². The maximum Gasteiger partial charge on any atom is 0.328 e. The number of hydrogen-bond acceptors (Lipinski definition) is 5. The number of nitrogens with zero attached hydrogens (tertiary/aromatic N) is 1. The first-order valence-electron chi connectivity index (χ1n) is 10.6. The lowest BCUT2D eigenvalue weighted by Gasteiger charge is -2.28. The van der Waals surface area contributed by atoms with E-state index in [2.05, 4.69) is 5.32 Å². The van der Waals surface area contributed by atoms with Gasteiger partial charge in [0.25, 0.3) is 5.91 Å². The lowest BCUT2D eigenvalue weighted by molar-refractivity contribution is -0.152. The molecule has 1 heterocycles. The van der Waals surface area contributed by atoms with Crippen LogP contribution in [0.5, 0.6) is 0 Å². The Bertz CT molecular complexity index is 775. The van der Waals surface area contributed by atoms with Crippen molar-refractivity contribution in [1.29, 1.82) is 0 Å². The number of carbonyl (C=O) groups is 4. The van der Waals surface area contributed by atoms with Gasteiger partial charge in [-0.15, -0.1) is 0 Å². The number of hydrogen-bond donors (Lipinski definition) is 1. The fraction of sp³-hybridized carbons (Fsp3) is 0.565. The molecular formula is C23H32N2O5. The molecule has 0 radical (unpaired) electrons. The molecule has 7 nitrogen and oxygen atoms in total. The fourth-order valence-corrected chi connectivity index (χ4v) is 3.42. The van der Waals surface area contributed by atoms with Crippen LogP contribution in [0.25, 0.3) is 0 Å². The zero-order valence-electron chi connectivity index (χ0n) is 18.3. The third-order valence-corrected chi connectivity index (χ3v) is 5.68. The van der Waals surface area contributed by atoms with Gasteiger partial charge in [0.15, 0.2) is 0 Å².